The molecule has 1 amide bonds. The third-order valence-electron chi connectivity index (χ3n) is 3.34. The number of anilines is 1. The van der Waals surface area contributed by atoms with Crippen LogP contribution in [0.4, 0.5) is 10.2 Å². The zero-order valence-corrected chi connectivity index (χ0v) is 13.8. The summed E-state index contributed by atoms with van der Waals surface area (Å²) in [5.41, 5.74) is 0. The first-order chi connectivity index (χ1) is 12.7. The number of amides is 1. The maximum atomic E-state index is 13.4. The molecule has 0 aliphatic rings. The molecule has 0 fully saturated rings. The van der Waals surface area contributed by atoms with Crippen molar-refractivity contribution >= 4 is 11.7 Å². The van der Waals surface area contributed by atoms with E-state index >= 15 is 0 Å². The van der Waals surface area contributed by atoms with Crippen molar-refractivity contribution in [1.82, 2.24) is 25.3 Å². The van der Waals surface area contributed by atoms with Crippen LogP contribution in [0.1, 0.15) is 0 Å². The number of ether oxygens (including phenoxy) is 1. The fourth-order valence-corrected chi connectivity index (χ4v) is 2.09. The summed E-state index contributed by atoms with van der Waals surface area (Å²) in [6.45, 7) is 0.572. The Morgan fingerprint density at radius 3 is 2.73 bits per heavy atom. The molecule has 8 nitrogen and oxygen atoms in total. The minimum absolute atomic E-state index is 0.0494. The molecule has 134 valence electrons. The molecule has 1 aromatic carbocycles. The Kier molecular flexibility index (Phi) is 5.71. The van der Waals surface area contributed by atoms with E-state index in [2.05, 4.69) is 25.9 Å². The minimum atomic E-state index is -0.501. The molecule has 0 spiro atoms. The van der Waals surface area contributed by atoms with Crippen LogP contribution in [0.25, 0.3) is 5.82 Å². The molecule has 0 radical (unpaired) electrons. The summed E-state index contributed by atoms with van der Waals surface area (Å²) in [7, 11) is 0. The van der Waals surface area contributed by atoms with Gasteiger partial charge in [-0.25, -0.2) is 9.07 Å². The first kappa shape index (κ1) is 17.3. The molecule has 0 unspecified atom stereocenters. The van der Waals surface area contributed by atoms with Crippen molar-refractivity contribution in [2.45, 2.75) is 0 Å². The van der Waals surface area contributed by atoms with E-state index in [0.29, 0.717) is 24.7 Å². The summed E-state index contributed by atoms with van der Waals surface area (Å²) in [5.74, 6) is 0.402. The van der Waals surface area contributed by atoms with Crippen LogP contribution < -0.4 is 15.4 Å². The predicted octanol–water partition coefficient (Wildman–Crippen LogP) is 1.41. The molecule has 9 heteroatoms. The van der Waals surface area contributed by atoms with Crippen LogP contribution in [-0.2, 0) is 4.79 Å². The van der Waals surface area contributed by atoms with Crippen LogP contribution in [0, 0.1) is 5.82 Å². The molecular formula is C17H17FN6O2. The van der Waals surface area contributed by atoms with Gasteiger partial charge in [-0.05, 0) is 30.3 Å². The lowest BCUT2D eigenvalue weighted by Gasteiger charge is -2.09. The fourth-order valence-electron chi connectivity index (χ4n) is 2.09. The maximum absolute atomic E-state index is 13.4. The van der Waals surface area contributed by atoms with E-state index in [0.717, 1.165) is 0 Å². The molecule has 2 N–H and O–H groups in total. The van der Waals surface area contributed by atoms with E-state index in [9.17, 15) is 9.18 Å². The molecule has 2 heterocycles. The molecule has 0 atom stereocenters. The second kappa shape index (κ2) is 8.56. The highest BCUT2D eigenvalue weighted by Gasteiger charge is 2.06. The largest absolute Gasteiger partial charge is 0.481 e. The lowest BCUT2D eigenvalue weighted by Crippen LogP contribution is -2.32. The third kappa shape index (κ3) is 4.76. The lowest BCUT2D eigenvalue weighted by molar-refractivity contribution is -0.123. The summed E-state index contributed by atoms with van der Waals surface area (Å²) in [6.07, 6.45) is 3.43. The second-order valence-electron chi connectivity index (χ2n) is 5.22. The van der Waals surface area contributed by atoms with Gasteiger partial charge >= 0.3 is 0 Å². The number of carbonyl (C=O) groups is 1. The first-order valence-electron chi connectivity index (χ1n) is 7.94. The molecule has 3 rings (SSSR count). The van der Waals surface area contributed by atoms with Crippen molar-refractivity contribution in [1.29, 1.82) is 0 Å². The smallest absolute Gasteiger partial charge is 0.258 e. The zero-order valence-electron chi connectivity index (χ0n) is 13.8. The van der Waals surface area contributed by atoms with Gasteiger partial charge in [-0.2, -0.15) is 5.10 Å². The molecule has 3 aromatic rings. The normalized spacial score (nSPS) is 10.3. The Balaban J connectivity index is 1.36. The van der Waals surface area contributed by atoms with E-state index < -0.39 is 5.82 Å². The number of hydrogen-bond acceptors (Lipinski definition) is 6. The summed E-state index contributed by atoms with van der Waals surface area (Å²) in [5, 5.41) is 17.9. The van der Waals surface area contributed by atoms with Crippen LogP contribution in [0.15, 0.2) is 54.9 Å². The Morgan fingerprint density at radius 2 is 2.00 bits per heavy atom. The van der Waals surface area contributed by atoms with Crippen molar-refractivity contribution in [3.8, 4) is 11.6 Å². The number of benzene rings is 1. The number of para-hydroxylation sites is 1. The quantitative estimate of drug-likeness (QED) is 0.593. The first-order valence-corrected chi connectivity index (χ1v) is 7.94. The van der Waals surface area contributed by atoms with Gasteiger partial charge in [-0.3, -0.25) is 4.79 Å². The third-order valence-corrected chi connectivity index (χ3v) is 3.34. The SMILES string of the molecule is O=C(COc1ccccc1F)NCCNc1ccc(-n2cccn2)nn1. The predicted molar refractivity (Wildman–Crippen MR) is 92.5 cm³/mol. The van der Waals surface area contributed by atoms with Crippen LogP contribution in [-0.4, -0.2) is 45.6 Å². The van der Waals surface area contributed by atoms with Gasteiger partial charge in [0.25, 0.3) is 5.91 Å². The summed E-state index contributed by atoms with van der Waals surface area (Å²) >= 11 is 0. The van der Waals surface area contributed by atoms with Gasteiger partial charge in [0, 0.05) is 25.5 Å². The number of nitrogens with one attached hydrogen (secondary N) is 2. The number of carbonyl (C=O) groups excluding carboxylic acids is 1. The van der Waals surface area contributed by atoms with Crippen molar-refractivity contribution in [3.63, 3.8) is 0 Å². The number of nitrogens with zero attached hydrogens (tertiary/aromatic N) is 4. The Morgan fingerprint density at radius 1 is 1.12 bits per heavy atom. The van der Waals surface area contributed by atoms with Gasteiger partial charge in [-0.15, -0.1) is 10.2 Å². The Hall–Kier alpha value is -3.49. The fraction of sp³-hybridized carbons (Fsp3) is 0.176. The van der Waals surface area contributed by atoms with Gasteiger partial charge in [0.1, 0.15) is 5.82 Å². The molecule has 0 saturated carbocycles. The van der Waals surface area contributed by atoms with Gasteiger partial charge in [-0.1, -0.05) is 12.1 Å². The van der Waals surface area contributed by atoms with Crippen LogP contribution in [0.3, 0.4) is 0 Å². The van der Waals surface area contributed by atoms with E-state index in [1.807, 2.05) is 0 Å². The molecule has 0 saturated heterocycles. The summed E-state index contributed by atoms with van der Waals surface area (Å²) in [6, 6.07) is 11.3. The number of rotatable bonds is 8. The van der Waals surface area contributed by atoms with Gasteiger partial charge < -0.3 is 15.4 Å². The average Bonchev–Trinajstić information content (AvgIpc) is 3.20. The Bertz CT molecular complexity index is 839. The lowest BCUT2D eigenvalue weighted by atomic mass is 10.3. The number of hydrogen-bond donors (Lipinski definition) is 2. The monoisotopic (exact) mass is 356 g/mol. The zero-order chi connectivity index (χ0) is 18.2. The topological polar surface area (TPSA) is 94.0 Å². The van der Waals surface area contributed by atoms with E-state index in [1.54, 1.807) is 47.4 Å². The van der Waals surface area contributed by atoms with Crippen molar-refractivity contribution in [2.75, 3.05) is 25.0 Å². The van der Waals surface area contributed by atoms with E-state index in [1.165, 1.54) is 12.1 Å². The molecule has 0 bridgehead atoms. The summed E-state index contributed by atoms with van der Waals surface area (Å²) < 4.78 is 20.1. The molecule has 2 aromatic heterocycles. The average molecular weight is 356 g/mol. The highest BCUT2D eigenvalue weighted by Crippen LogP contribution is 2.14. The highest BCUT2D eigenvalue weighted by atomic mass is 19.1. The standard InChI is InChI=1S/C17H17FN6O2/c18-13-4-1-2-5-14(13)26-12-17(25)20-10-9-19-15-6-7-16(23-22-15)24-11-3-8-21-24/h1-8,11H,9-10,12H2,(H,19,22)(H,20,25). The number of halogens is 1. The minimum Gasteiger partial charge on any atom is -0.481 e. The molecule has 0 aliphatic heterocycles. The van der Waals surface area contributed by atoms with E-state index in [-0.39, 0.29) is 18.3 Å². The van der Waals surface area contributed by atoms with Crippen molar-refractivity contribution in [2.24, 2.45) is 0 Å². The van der Waals surface area contributed by atoms with Crippen molar-refractivity contribution in [3.05, 3.63) is 60.7 Å². The van der Waals surface area contributed by atoms with Crippen LogP contribution in [0.2, 0.25) is 0 Å². The summed E-state index contributed by atoms with van der Waals surface area (Å²) in [4.78, 5) is 11.7. The molecular weight excluding hydrogens is 339 g/mol. The van der Waals surface area contributed by atoms with Crippen molar-refractivity contribution < 1.29 is 13.9 Å². The van der Waals surface area contributed by atoms with E-state index in [4.69, 9.17) is 4.74 Å². The number of aromatic nitrogens is 4. The Labute approximate surface area is 149 Å². The molecule has 0 aliphatic carbocycles. The maximum Gasteiger partial charge on any atom is 0.258 e. The molecule has 26 heavy (non-hydrogen) atoms. The second-order valence-corrected chi connectivity index (χ2v) is 5.22. The highest BCUT2D eigenvalue weighted by molar-refractivity contribution is 5.77. The van der Waals surface area contributed by atoms with Crippen LogP contribution in [0.5, 0.6) is 5.75 Å². The van der Waals surface area contributed by atoms with Gasteiger partial charge in [0.05, 0.1) is 0 Å². The van der Waals surface area contributed by atoms with Gasteiger partial charge in [0.15, 0.2) is 24.0 Å². The van der Waals surface area contributed by atoms with Gasteiger partial charge in [0.2, 0.25) is 0 Å². The van der Waals surface area contributed by atoms with Crippen LogP contribution >= 0.6 is 0 Å².